The Hall–Kier alpha value is -2.16. The van der Waals surface area contributed by atoms with Crippen LogP contribution in [0, 0.1) is 0 Å². The molecule has 26 heavy (non-hydrogen) atoms. The predicted octanol–water partition coefficient (Wildman–Crippen LogP) is 2.35. The van der Waals surface area contributed by atoms with Gasteiger partial charge in [0, 0.05) is 13.1 Å². The summed E-state index contributed by atoms with van der Waals surface area (Å²) in [6, 6.07) is 13.7. The number of rotatable bonds is 6. The number of fused-ring (bicyclic) bond motifs is 1. The molecule has 138 valence electrons. The van der Waals surface area contributed by atoms with Crippen LogP contribution in [0.25, 0.3) is 6.08 Å². The Bertz CT molecular complexity index is 1030. The third-order valence-corrected chi connectivity index (χ3v) is 7.11. The monoisotopic (exact) mass is 392 g/mol. The number of sulfonamides is 2. The zero-order valence-electron chi connectivity index (χ0n) is 14.3. The minimum Gasteiger partial charge on any atom is -0.266 e. The highest BCUT2D eigenvalue weighted by Crippen LogP contribution is 2.33. The SMILES string of the molecule is CCNS(=O)(=O)c1ccc2c(c1)N(S(=O)(=O)C=Cc1ccccc1)CC2. The average molecular weight is 393 g/mol. The first-order valence-corrected chi connectivity index (χ1v) is 11.2. The highest BCUT2D eigenvalue weighted by molar-refractivity contribution is 7.95. The Balaban J connectivity index is 1.94. The Morgan fingerprint density at radius 1 is 1.08 bits per heavy atom. The van der Waals surface area contributed by atoms with E-state index in [1.54, 1.807) is 13.0 Å². The fraction of sp³-hybridized carbons (Fsp3) is 0.222. The van der Waals surface area contributed by atoms with E-state index in [1.807, 2.05) is 30.3 Å². The standard InChI is InChI=1S/C18H20N2O4S2/c1-2-19-26(23,24)17-9-8-16-10-12-20(18(16)14-17)25(21,22)13-11-15-6-4-3-5-7-15/h3-9,11,13-14,19H,2,10,12H2,1H3. The van der Waals surface area contributed by atoms with E-state index in [2.05, 4.69) is 4.72 Å². The van der Waals surface area contributed by atoms with Gasteiger partial charge in [-0.05, 0) is 35.8 Å². The average Bonchev–Trinajstić information content (AvgIpc) is 3.05. The van der Waals surface area contributed by atoms with Gasteiger partial charge in [0.15, 0.2) is 0 Å². The second-order valence-corrected chi connectivity index (χ2v) is 9.38. The van der Waals surface area contributed by atoms with E-state index in [9.17, 15) is 16.8 Å². The van der Waals surface area contributed by atoms with Crippen molar-refractivity contribution in [3.05, 3.63) is 65.1 Å². The van der Waals surface area contributed by atoms with Crippen molar-refractivity contribution in [2.75, 3.05) is 17.4 Å². The van der Waals surface area contributed by atoms with Crippen molar-refractivity contribution in [3.8, 4) is 0 Å². The molecule has 6 nitrogen and oxygen atoms in total. The lowest BCUT2D eigenvalue weighted by atomic mass is 10.2. The number of nitrogens with one attached hydrogen (secondary N) is 1. The van der Waals surface area contributed by atoms with E-state index in [1.165, 1.54) is 22.5 Å². The van der Waals surface area contributed by atoms with Crippen molar-refractivity contribution in [2.45, 2.75) is 18.2 Å². The van der Waals surface area contributed by atoms with Crippen LogP contribution in [-0.4, -0.2) is 29.9 Å². The normalized spacial score (nSPS) is 14.7. The molecular formula is C18H20N2O4S2. The summed E-state index contributed by atoms with van der Waals surface area (Å²) in [4.78, 5) is 0.0623. The molecule has 0 atom stereocenters. The molecule has 0 saturated heterocycles. The minimum atomic E-state index is -3.71. The van der Waals surface area contributed by atoms with E-state index < -0.39 is 20.0 Å². The molecule has 0 amide bonds. The first-order chi connectivity index (χ1) is 12.3. The van der Waals surface area contributed by atoms with E-state index in [0.717, 1.165) is 16.5 Å². The van der Waals surface area contributed by atoms with Crippen molar-refractivity contribution < 1.29 is 16.8 Å². The maximum absolute atomic E-state index is 12.7. The van der Waals surface area contributed by atoms with Crippen LogP contribution in [0.1, 0.15) is 18.1 Å². The van der Waals surface area contributed by atoms with Crippen molar-refractivity contribution >= 4 is 31.8 Å². The maximum atomic E-state index is 12.7. The van der Waals surface area contributed by atoms with E-state index in [4.69, 9.17) is 0 Å². The first-order valence-electron chi connectivity index (χ1n) is 8.22. The third kappa shape index (κ3) is 3.82. The van der Waals surface area contributed by atoms with Gasteiger partial charge in [0.25, 0.3) is 10.0 Å². The molecule has 0 radical (unpaired) electrons. The van der Waals surface area contributed by atoms with Crippen molar-refractivity contribution in [1.82, 2.24) is 4.72 Å². The van der Waals surface area contributed by atoms with Gasteiger partial charge >= 0.3 is 0 Å². The molecule has 2 aromatic rings. The van der Waals surface area contributed by atoms with E-state index in [-0.39, 0.29) is 11.4 Å². The minimum absolute atomic E-state index is 0.0623. The van der Waals surface area contributed by atoms with Crippen LogP contribution in [0.5, 0.6) is 0 Å². The van der Waals surface area contributed by atoms with Crippen molar-refractivity contribution in [3.63, 3.8) is 0 Å². The Kier molecular flexibility index (Phi) is 5.17. The summed E-state index contributed by atoms with van der Waals surface area (Å²) >= 11 is 0. The molecule has 0 aromatic heterocycles. The number of hydrogen-bond donors (Lipinski definition) is 1. The summed E-state index contributed by atoms with van der Waals surface area (Å²) in [6.07, 6.45) is 2.09. The van der Waals surface area contributed by atoms with Gasteiger partial charge in [-0.1, -0.05) is 43.3 Å². The van der Waals surface area contributed by atoms with Gasteiger partial charge in [0.2, 0.25) is 10.0 Å². The molecule has 0 unspecified atom stereocenters. The smallest absolute Gasteiger partial charge is 0.257 e. The Morgan fingerprint density at radius 2 is 1.81 bits per heavy atom. The predicted molar refractivity (Wildman–Crippen MR) is 103 cm³/mol. The molecule has 1 heterocycles. The maximum Gasteiger partial charge on any atom is 0.257 e. The van der Waals surface area contributed by atoms with Crippen LogP contribution in [0.4, 0.5) is 5.69 Å². The largest absolute Gasteiger partial charge is 0.266 e. The molecule has 1 aliphatic rings. The van der Waals surface area contributed by atoms with E-state index in [0.29, 0.717) is 18.7 Å². The summed E-state index contributed by atoms with van der Waals surface area (Å²) in [5, 5.41) is 1.16. The van der Waals surface area contributed by atoms with Crippen LogP contribution in [0.3, 0.4) is 0 Å². The van der Waals surface area contributed by atoms with Gasteiger partial charge in [0.1, 0.15) is 0 Å². The van der Waals surface area contributed by atoms with Crippen molar-refractivity contribution in [1.29, 1.82) is 0 Å². The fourth-order valence-electron chi connectivity index (χ4n) is 2.84. The molecule has 3 rings (SSSR count). The molecule has 0 saturated carbocycles. The number of nitrogens with zero attached hydrogens (tertiary/aromatic N) is 1. The molecule has 1 N–H and O–H groups in total. The van der Waals surface area contributed by atoms with Gasteiger partial charge in [-0.25, -0.2) is 21.6 Å². The second kappa shape index (κ2) is 7.22. The van der Waals surface area contributed by atoms with Crippen LogP contribution in [-0.2, 0) is 26.5 Å². The lowest BCUT2D eigenvalue weighted by Gasteiger charge is -2.18. The molecule has 1 aliphatic heterocycles. The summed E-state index contributed by atoms with van der Waals surface area (Å²) in [5.41, 5.74) is 2.01. The summed E-state index contributed by atoms with van der Waals surface area (Å²) in [7, 11) is -7.35. The Morgan fingerprint density at radius 3 is 2.50 bits per heavy atom. The zero-order valence-corrected chi connectivity index (χ0v) is 15.9. The molecule has 8 heteroatoms. The van der Waals surface area contributed by atoms with Crippen LogP contribution < -0.4 is 9.03 Å². The van der Waals surface area contributed by atoms with Crippen LogP contribution in [0.15, 0.2) is 58.8 Å². The first kappa shape index (κ1) is 18.6. The highest BCUT2D eigenvalue weighted by atomic mass is 32.2. The Labute approximate surface area is 154 Å². The van der Waals surface area contributed by atoms with Gasteiger partial charge in [-0.2, -0.15) is 0 Å². The van der Waals surface area contributed by atoms with E-state index >= 15 is 0 Å². The van der Waals surface area contributed by atoms with Gasteiger partial charge in [-0.3, -0.25) is 4.31 Å². The van der Waals surface area contributed by atoms with Gasteiger partial charge in [-0.15, -0.1) is 0 Å². The molecule has 0 fully saturated rings. The number of anilines is 1. The molecule has 0 spiro atoms. The lowest BCUT2D eigenvalue weighted by molar-refractivity contribution is 0.583. The lowest BCUT2D eigenvalue weighted by Crippen LogP contribution is -2.27. The van der Waals surface area contributed by atoms with Crippen LogP contribution in [0.2, 0.25) is 0 Å². The molecule has 0 aliphatic carbocycles. The molecule has 2 aromatic carbocycles. The third-order valence-electron chi connectivity index (χ3n) is 4.09. The van der Waals surface area contributed by atoms with Gasteiger partial charge in [0.05, 0.1) is 16.0 Å². The number of hydrogen-bond acceptors (Lipinski definition) is 4. The van der Waals surface area contributed by atoms with Gasteiger partial charge < -0.3 is 0 Å². The topological polar surface area (TPSA) is 83.6 Å². The zero-order chi connectivity index (χ0) is 18.8. The molecule has 0 bridgehead atoms. The summed E-state index contributed by atoms with van der Waals surface area (Å²) in [5.74, 6) is 0. The fourth-order valence-corrected chi connectivity index (χ4v) is 5.16. The summed E-state index contributed by atoms with van der Waals surface area (Å²) in [6.45, 7) is 2.25. The second-order valence-electron chi connectivity index (χ2n) is 5.87. The molecular weight excluding hydrogens is 372 g/mol. The quantitative estimate of drug-likeness (QED) is 0.818. The summed E-state index contributed by atoms with van der Waals surface area (Å²) < 4.78 is 53.5. The van der Waals surface area contributed by atoms with Crippen molar-refractivity contribution in [2.24, 2.45) is 0 Å². The number of benzene rings is 2. The van der Waals surface area contributed by atoms with Crippen LogP contribution >= 0.6 is 0 Å². The highest BCUT2D eigenvalue weighted by Gasteiger charge is 2.29.